The van der Waals surface area contributed by atoms with Gasteiger partial charge in [0.05, 0.1) is 13.2 Å². The summed E-state index contributed by atoms with van der Waals surface area (Å²) in [4.78, 5) is 18.3. The normalized spacial score (nSPS) is 21.5. The van der Waals surface area contributed by atoms with Gasteiger partial charge in [0.2, 0.25) is 5.96 Å². The minimum Gasteiger partial charge on any atom is -0.378 e. The van der Waals surface area contributed by atoms with Gasteiger partial charge < -0.3 is 9.64 Å². The van der Waals surface area contributed by atoms with Crippen LogP contribution in [0.5, 0.6) is 0 Å². The van der Waals surface area contributed by atoms with Crippen LogP contribution in [-0.4, -0.2) is 43.1 Å². The summed E-state index contributed by atoms with van der Waals surface area (Å²) in [5.74, 6) is 0.487. The van der Waals surface area contributed by atoms with Gasteiger partial charge in [0.15, 0.2) is 0 Å². The average molecular weight is 257 g/mol. The molecule has 0 aliphatic carbocycles. The van der Waals surface area contributed by atoms with E-state index in [1.54, 1.807) is 6.08 Å². The molecule has 1 fully saturated rings. The SMILES string of the molecule is O=C1NC(N2CCOCC2)=N/C1=C\c1ccccc1. The molecule has 1 saturated heterocycles. The monoisotopic (exact) mass is 257 g/mol. The van der Waals surface area contributed by atoms with Gasteiger partial charge in [-0.25, -0.2) is 4.99 Å². The number of hydrogen-bond donors (Lipinski definition) is 1. The lowest BCUT2D eigenvalue weighted by Gasteiger charge is -2.27. The zero-order chi connectivity index (χ0) is 13.1. The standard InChI is InChI=1S/C14H15N3O2/c18-13-12(10-11-4-2-1-3-5-11)15-14(16-13)17-6-8-19-9-7-17/h1-5,10H,6-9H2,(H,15,16,18)/b12-10-. The molecule has 0 spiro atoms. The third kappa shape index (κ3) is 2.66. The van der Waals surface area contributed by atoms with Crippen LogP contribution in [-0.2, 0) is 9.53 Å². The number of rotatable bonds is 1. The number of morpholine rings is 1. The fourth-order valence-electron chi connectivity index (χ4n) is 2.09. The smallest absolute Gasteiger partial charge is 0.276 e. The Labute approximate surface area is 111 Å². The Morgan fingerprint density at radius 2 is 1.95 bits per heavy atom. The van der Waals surface area contributed by atoms with Crippen LogP contribution in [0.25, 0.3) is 6.08 Å². The Bertz CT molecular complexity index is 531. The van der Waals surface area contributed by atoms with E-state index in [4.69, 9.17) is 4.74 Å². The second kappa shape index (κ2) is 5.24. The number of aliphatic imine (C=N–C) groups is 1. The molecule has 98 valence electrons. The van der Waals surface area contributed by atoms with Crippen LogP contribution in [0.2, 0.25) is 0 Å². The molecule has 2 aliphatic heterocycles. The molecule has 0 aromatic heterocycles. The summed E-state index contributed by atoms with van der Waals surface area (Å²) in [5, 5.41) is 2.81. The van der Waals surface area contributed by atoms with Gasteiger partial charge in [-0.05, 0) is 11.6 Å². The molecule has 0 unspecified atom stereocenters. The van der Waals surface area contributed by atoms with E-state index in [0.29, 0.717) is 24.9 Å². The molecule has 19 heavy (non-hydrogen) atoms. The summed E-state index contributed by atoms with van der Waals surface area (Å²) in [6.07, 6.45) is 1.79. The Kier molecular flexibility index (Phi) is 3.29. The van der Waals surface area contributed by atoms with Crippen molar-refractivity contribution in [1.82, 2.24) is 10.2 Å². The molecule has 0 atom stereocenters. The second-order valence-corrected chi connectivity index (χ2v) is 4.43. The Morgan fingerprint density at radius 1 is 1.21 bits per heavy atom. The predicted octanol–water partition coefficient (Wildman–Crippen LogP) is 0.845. The lowest BCUT2D eigenvalue weighted by Crippen LogP contribution is -2.46. The second-order valence-electron chi connectivity index (χ2n) is 4.43. The van der Waals surface area contributed by atoms with Crippen molar-refractivity contribution < 1.29 is 9.53 Å². The zero-order valence-electron chi connectivity index (χ0n) is 10.5. The van der Waals surface area contributed by atoms with Crippen molar-refractivity contribution in [3.63, 3.8) is 0 Å². The highest BCUT2D eigenvalue weighted by Gasteiger charge is 2.25. The lowest BCUT2D eigenvalue weighted by atomic mass is 10.2. The minimum atomic E-state index is -0.148. The molecule has 1 aromatic carbocycles. The van der Waals surface area contributed by atoms with E-state index in [0.717, 1.165) is 18.7 Å². The van der Waals surface area contributed by atoms with E-state index in [1.165, 1.54) is 0 Å². The van der Waals surface area contributed by atoms with Crippen molar-refractivity contribution in [3.05, 3.63) is 41.6 Å². The first-order valence-electron chi connectivity index (χ1n) is 6.32. The number of benzene rings is 1. The van der Waals surface area contributed by atoms with Crippen LogP contribution >= 0.6 is 0 Å². The van der Waals surface area contributed by atoms with E-state index >= 15 is 0 Å². The fourth-order valence-corrected chi connectivity index (χ4v) is 2.09. The van der Waals surface area contributed by atoms with Gasteiger partial charge in [-0.2, -0.15) is 0 Å². The molecular formula is C14H15N3O2. The van der Waals surface area contributed by atoms with Crippen molar-refractivity contribution in [2.45, 2.75) is 0 Å². The summed E-state index contributed by atoms with van der Waals surface area (Å²) in [6.45, 7) is 2.87. The number of nitrogens with one attached hydrogen (secondary N) is 1. The van der Waals surface area contributed by atoms with Crippen LogP contribution in [0.15, 0.2) is 41.0 Å². The van der Waals surface area contributed by atoms with E-state index in [2.05, 4.69) is 10.3 Å². The third-order valence-electron chi connectivity index (χ3n) is 3.10. The van der Waals surface area contributed by atoms with Gasteiger partial charge in [0.1, 0.15) is 5.70 Å². The van der Waals surface area contributed by atoms with Crippen LogP contribution in [0, 0.1) is 0 Å². The van der Waals surface area contributed by atoms with Gasteiger partial charge in [-0.15, -0.1) is 0 Å². The summed E-state index contributed by atoms with van der Waals surface area (Å²) >= 11 is 0. The maximum absolute atomic E-state index is 11.9. The van der Waals surface area contributed by atoms with Gasteiger partial charge in [-0.1, -0.05) is 30.3 Å². The van der Waals surface area contributed by atoms with E-state index < -0.39 is 0 Å². The molecular weight excluding hydrogens is 242 g/mol. The topological polar surface area (TPSA) is 53.9 Å². The Morgan fingerprint density at radius 3 is 2.68 bits per heavy atom. The van der Waals surface area contributed by atoms with Crippen molar-refractivity contribution in [2.24, 2.45) is 4.99 Å². The maximum Gasteiger partial charge on any atom is 0.276 e. The van der Waals surface area contributed by atoms with Gasteiger partial charge in [0, 0.05) is 13.1 Å². The molecule has 2 aliphatic rings. The van der Waals surface area contributed by atoms with Crippen molar-refractivity contribution in [1.29, 1.82) is 0 Å². The molecule has 0 saturated carbocycles. The van der Waals surface area contributed by atoms with Crippen molar-refractivity contribution in [2.75, 3.05) is 26.3 Å². The molecule has 0 bridgehead atoms. The first kappa shape index (κ1) is 11.9. The van der Waals surface area contributed by atoms with E-state index in [-0.39, 0.29) is 5.91 Å². The van der Waals surface area contributed by atoms with Gasteiger partial charge >= 0.3 is 0 Å². The fraction of sp³-hybridized carbons (Fsp3) is 0.286. The summed E-state index contributed by atoms with van der Waals surface area (Å²) < 4.78 is 5.28. The third-order valence-corrected chi connectivity index (χ3v) is 3.10. The summed E-state index contributed by atoms with van der Waals surface area (Å²) in [6, 6.07) is 9.71. The number of guanidine groups is 1. The van der Waals surface area contributed by atoms with Gasteiger partial charge in [-0.3, -0.25) is 10.1 Å². The van der Waals surface area contributed by atoms with E-state index in [9.17, 15) is 4.79 Å². The van der Waals surface area contributed by atoms with Crippen LogP contribution in [0.3, 0.4) is 0 Å². The average Bonchev–Trinajstić information content (AvgIpc) is 2.82. The molecule has 3 rings (SSSR count). The number of hydrogen-bond acceptors (Lipinski definition) is 4. The van der Waals surface area contributed by atoms with Crippen LogP contribution < -0.4 is 5.32 Å². The molecule has 5 heteroatoms. The quantitative estimate of drug-likeness (QED) is 0.759. The Balaban J connectivity index is 1.81. The molecule has 1 aromatic rings. The van der Waals surface area contributed by atoms with E-state index in [1.807, 2.05) is 35.2 Å². The number of carbonyl (C=O) groups excluding carboxylic acids is 1. The number of ether oxygens (including phenoxy) is 1. The number of carbonyl (C=O) groups is 1. The largest absolute Gasteiger partial charge is 0.378 e. The predicted molar refractivity (Wildman–Crippen MR) is 72.4 cm³/mol. The molecule has 5 nitrogen and oxygen atoms in total. The highest BCUT2D eigenvalue weighted by Crippen LogP contribution is 2.13. The first-order chi connectivity index (χ1) is 9.33. The maximum atomic E-state index is 11.9. The summed E-state index contributed by atoms with van der Waals surface area (Å²) in [7, 11) is 0. The minimum absolute atomic E-state index is 0.148. The molecule has 1 amide bonds. The first-order valence-corrected chi connectivity index (χ1v) is 6.32. The summed E-state index contributed by atoms with van der Waals surface area (Å²) in [5.41, 5.74) is 1.42. The number of nitrogens with zero attached hydrogens (tertiary/aromatic N) is 2. The highest BCUT2D eigenvalue weighted by atomic mass is 16.5. The van der Waals surface area contributed by atoms with Gasteiger partial charge in [0.25, 0.3) is 5.91 Å². The number of amides is 1. The van der Waals surface area contributed by atoms with Crippen LogP contribution in [0.1, 0.15) is 5.56 Å². The molecule has 2 heterocycles. The Hall–Kier alpha value is -2.14. The van der Waals surface area contributed by atoms with Crippen molar-refractivity contribution in [3.8, 4) is 0 Å². The zero-order valence-corrected chi connectivity index (χ0v) is 10.5. The molecule has 0 radical (unpaired) electrons. The molecule has 1 N–H and O–H groups in total. The highest BCUT2D eigenvalue weighted by molar-refractivity contribution is 6.13. The van der Waals surface area contributed by atoms with Crippen molar-refractivity contribution >= 4 is 17.9 Å². The van der Waals surface area contributed by atoms with Crippen LogP contribution in [0.4, 0.5) is 0 Å². The lowest BCUT2D eigenvalue weighted by molar-refractivity contribution is -0.115.